The van der Waals surface area contributed by atoms with Crippen molar-refractivity contribution in [1.29, 1.82) is 0 Å². The molecule has 0 fully saturated rings. The molecule has 2 aromatic rings. The highest BCUT2D eigenvalue weighted by Crippen LogP contribution is 2.29. The Bertz CT molecular complexity index is 621. The molecule has 0 saturated heterocycles. The molecule has 0 saturated carbocycles. The zero-order chi connectivity index (χ0) is 13.8. The predicted octanol–water partition coefficient (Wildman–Crippen LogP) is 0.288. The second-order valence-corrected chi connectivity index (χ2v) is 4.83. The summed E-state index contributed by atoms with van der Waals surface area (Å²) in [5, 5.41) is 7.62. The Labute approximate surface area is 113 Å². The molecule has 0 amide bonds. The molecule has 4 N–H and O–H groups in total. The van der Waals surface area contributed by atoms with E-state index in [1.807, 2.05) is 0 Å². The number of nitrogens with two attached hydrogens (primary N) is 1. The third-order valence-electron chi connectivity index (χ3n) is 2.57. The number of hydrazine groups is 1. The van der Waals surface area contributed by atoms with Gasteiger partial charge in [-0.15, -0.1) is 5.10 Å². The van der Waals surface area contributed by atoms with E-state index in [0.29, 0.717) is 11.0 Å². The van der Waals surface area contributed by atoms with Crippen molar-refractivity contribution >= 4 is 17.6 Å². The Hall–Kier alpha value is -1.87. The van der Waals surface area contributed by atoms with Gasteiger partial charge in [-0.05, 0) is 18.2 Å². The van der Waals surface area contributed by atoms with Crippen LogP contribution in [0.2, 0.25) is 0 Å². The Kier molecular flexibility index (Phi) is 4.17. The van der Waals surface area contributed by atoms with Gasteiger partial charge in [0.1, 0.15) is 17.2 Å². The van der Waals surface area contributed by atoms with Crippen LogP contribution in [0.15, 0.2) is 21.3 Å². The van der Waals surface area contributed by atoms with E-state index in [9.17, 15) is 4.79 Å². The minimum atomic E-state index is -0.259. The van der Waals surface area contributed by atoms with E-state index in [1.54, 1.807) is 7.05 Å². The lowest BCUT2D eigenvalue weighted by atomic mass is 10.2. The van der Waals surface area contributed by atoms with Crippen LogP contribution in [0.3, 0.4) is 0 Å². The summed E-state index contributed by atoms with van der Waals surface area (Å²) in [6, 6.07) is 0. The van der Waals surface area contributed by atoms with E-state index in [-0.39, 0.29) is 5.69 Å². The molecule has 2 heterocycles. The van der Waals surface area contributed by atoms with Gasteiger partial charge in [0, 0.05) is 12.6 Å². The van der Waals surface area contributed by atoms with Gasteiger partial charge in [-0.1, -0.05) is 13.3 Å². The van der Waals surface area contributed by atoms with Crippen LogP contribution in [0.25, 0.3) is 0 Å². The van der Waals surface area contributed by atoms with Crippen LogP contribution in [0.1, 0.15) is 18.9 Å². The summed E-state index contributed by atoms with van der Waals surface area (Å²) in [6.07, 6.45) is 3.16. The molecule has 0 aromatic carbocycles. The summed E-state index contributed by atoms with van der Waals surface area (Å²) in [5.41, 5.74) is 3.23. The van der Waals surface area contributed by atoms with Crippen LogP contribution in [0.5, 0.6) is 0 Å². The highest BCUT2D eigenvalue weighted by molar-refractivity contribution is 7.99. The van der Waals surface area contributed by atoms with E-state index in [2.05, 4.69) is 32.5 Å². The fourth-order valence-corrected chi connectivity index (χ4v) is 2.50. The number of nitrogens with one attached hydrogen (secondary N) is 2. The number of hydrogen-bond acceptors (Lipinski definition) is 7. The third kappa shape index (κ3) is 2.76. The maximum absolute atomic E-state index is 11.3. The maximum atomic E-state index is 11.3. The number of nitrogen functional groups attached to an aromatic ring is 1. The van der Waals surface area contributed by atoms with Crippen molar-refractivity contribution in [3.8, 4) is 0 Å². The van der Waals surface area contributed by atoms with Gasteiger partial charge in [-0.3, -0.25) is 4.57 Å². The van der Waals surface area contributed by atoms with Gasteiger partial charge in [-0.25, -0.2) is 25.7 Å². The fraction of sp³-hybridized carbons (Fsp3) is 0.400. The number of aromatic amines is 1. The van der Waals surface area contributed by atoms with Crippen LogP contribution < -0.4 is 17.0 Å². The summed E-state index contributed by atoms with van der Waals surface area (Å²) in [4.78, 5) is 19.7. The molecule has 19 heavy (non-hydrogen) atoms. The number of nitrogens with zero attached hydrogens (tertiary/aromatic N) is 4. The van der Waals surface area contributed by atoms with Gasteiger partial charge in [0.2, 0.25) is 0 Å². The van der Waals surface area contributed by atoms with Crippen molar-refractivity contribution in [2.24, 2.45) is 12.9 Å². The molecule has 0 aliphatic carbocycles. The Balaban J connectivity index is 2.39. The first-order chi connectivity index (χ1) is 9.17. The van der Waals surface area contributed by atoms with E-state index >= 15 is 0 Å². The molecule has 9 heteroatoms. The average molecular weight is 281 g/mol. The molecule has 2 aromatic heterocycles. The van der Waals surface area contributed by atoms with Gasteiger partial charge in [-0.2, -0.15) is 0 Å². The van der Waals surface area contributed by atoms with Crippen molar-refractivity contribution < 1.29 is 0 Å². The summed E-state index contributed by atoms with van der Waals surface area (Å²) in [5.74, 6) is 6.05. The van der Waals surface area contributed by atoms with E-state index < -0.39 is 0 Å². The third-order valence-corrected chi connectivity index (χ3v) is 3.66. The lowest BCUT2D eigenvalue weighted by molar-refractivity contribution is 0.762. The number of rotatable bonds is 5. The molecule has 0 spiro atoms. The molecule has 102 valence electrons. The normalized spacial score (nSPS) is 10.7. The molecule has 0 aliphatic heterocycles. The lowest BCUT2D eigenvalue weighted by Gasteiger charge is -2.10. The molecular formula is C10H15N7OS. The molecule has 8 nitrogen and oxygen atoms in total. The zero-order valence-electron chi connectivity index (χ0n) is 10.7. The van der Waals surface area contributed by atoms with Gasteiger partial charge >= 0.3 is 5.69 Å². The Morgan fingerprint density at radius 3 is 2.89 bits per heavy atom. The quantitative estimate of drug-likeness (QED) is 0.410. The van der Waals surface area contributed by atoms with Gasteiger partial charge in [0.05, 0.1) is 0 Å². The van der Waals surface area contributed by atoms with Crippen LogP contribution >= 0.6 is 11.8 Å². The molecule has 0 atom stereocenters. The fourth-order valence-electron chi connectivity index (χ4n) is 1.59. The largest absolute Gasteiger partial charge is 0.343 e. The van der Waals surface area contributed by atoms with Crippen LogP contribution in [0.4, 0.5) is 5.82 Å². The van der Waals surface area contributed by atoms with Crippen LogP contribution in [0, 0.1) is 0 Å². The second kappa shape index (κ2) is 5.85. The van der Waals surface area contributed by atoms with Crippen LogP contribution in [-0.2, 0) is 13.5 Å². The Morgan fingerprint density at radius 1 is 1.53 bits per heavy atom. The van der Waals surface area contributed by atoms with Crippen molar-refractivity contribution in [2.75, 3.05) is 5.43 Å². The summed E-state index contributed by atoms with van der Waals surface area (Å²) in [7, 11) is 1.65. The molecule has 0 unspecified atom stereocenters. The van der Waals surface area contributed by atoms with Crippen molar-refractivity contribution in [2.45, 2.75) is 29.9 Å². The first-order valence-corrected chi connectivity index (χ1v) is 6.58. The van der Waals surface area contributed by atoms with Gasteiger partial charge < -0.3 is 5.43 Å². The minimum Gasteiger partial charge on any atom is -0.308 e. The molecule has 2 rings (SSSR count). The number of aromatic nitrogens is 5. The standard InChI is InChI=1S/C10H15N7OS/c1-3-4-6-7(14-11)12-5-13-8(6)19-10-16-15-9(18)17(10)2/h5H,3-4,11H2,1-2H3,(H,15,18)(H,12,13,14). The highest BCUT2D eigenvalue weighted by atomic mass is 32.2. The Morgan fingerprint density at radius 2 is 2.32 bits per heavy atom. The molecular weight excluding hydrogens is 266 g/mol. The summed E-state index contributed by atoms with van der Waals surface area (Å²) >= 11 is 1.31. The number of H-pyrrole nitrogens is 1. The van der Waals surface area contributed by atoms with Gasteiger partial charge in [0.25, 0.3) is 0 Å². The van der Waals surface area contributed by atoms with E-state index in [0.717, 1.165) is 23.4 Å². The number of anilines is 1. The average Bonchev–Trinajstić information content (AvgIpc) is 2.73. The zero-order valence-corrected chi connectivity index (χ0v) is 11.5. The van der Waals surface area contributed by atoms with Crippen LogP contribution in [-0.4, -0.2) is 24.7 Å². The molecule has 0 aliphatic rings. The van der Waals surface area contributed by atoms with E-state index in [4.69, 9.17) is 5.84 Å². The van der Waals surface area contributed by atoms with Crippen molar-refractivity contribution in [3.05, 3.63) is 22.4 Å². The van der Waals surface area contributed by atoms with Gasteiger partial charge in [0.15, 0.2) is 5.16 Å². The molecule has 0 radical (unpaired) electrons. The maximum Gasteiger partial charge on any atom is 0.343 e. The summed E-state index contributed by atoms with van der Waals surface area (Å²) < 4.78 is 1.43. The SMILES string of the molecule is CCCc1c(NN)ncnc1Sc1n[nH]c(=O)n1C. The van der Waals surface area contributed by atoms with Crippen molar-refractivity contribution in [1.82, 2.24) is 24.7 Å². The topological polar surface area (TPSA) is 115 Å². The highest BCUT2D eigenvalue weighted by Gasteiger charge is 2.14. The summed E-state index contributed by atoms with van der Waals surface area (Å²) in [6.45, 7) is 2.06. The smallest absolute Gasteiger partial charge is 0.308 e. The van der Waals surface area contributed by atoms with E-state index in [1.165, 1.54) is 22.7 Å². The first kappa shape index (κ1) is 13.6. The second-order valence-electron chi connectivity index (χ2n) is 3.87. The lowest BCUT2D eigenvalue weighted by Crippen LogP contribution is -2.14. The number of hydrogen-bond donors (Lipinski definition) is 3. The monoisotopic (exact) mass is 281 g/mol. The molecule has 0 bridgehead atoms. The predicted molar refractivity (Wildman–Crippen MR) is 71.8 cm³/mol. The van der Waals surface area contributed by atoms with Crippen molar-refractivity contribution in [3.63, 3.8) is 0 Å². The minimum absolute atomic E-state index is 0.259. The first-order valence-electron chi connectivity index (χ1n) is 5.77.